The summed E-state index contributed by atoms with van der Waals surface area (Å²) >= 11 is 6.79. The van der Waals surface area contributed by atoms with E-state index in [0.717, 1.165) is 11.3 Å². The fourth-order valence-corrected chi connectivity index (χ4v) is 4.93. The lowest BCUT2D eigenvalue weighted by Crippen LogP contribution is -2.51. The second kappa shape index (κ2) is 5.76. The molecule has 1 aromatic heterocycles. The van der Waals surface area contributed by atoms with Crippen LogP contribution in [0.4, 0.5) is 0 Å². The Labute approximate surface area is 120 Å². The second-order valence-electron chi connectivity index (χ2n) is 4.05. The minimum Gasteiger partial charge on any atom is -0.339 e. The van der Waals surface area contributed by atoms with Gasteiger partial charge >= 0.3 is 0 Å². The minimum atomic E-state index is -3.50. The molecule has 1 amide bonds. The number of hydrogen-bond acceptors (Lipinski definition) is 5. The lowest BCUT2D eigenvalue weighted by atomic mass is 10.3. The molecule has 1 aromatic rings. The smallest absolute Gasteiger partial charge is 0.252 e. The monoisotopic (exact) mass is 323 g/mol. The Hall–Kier alpha value is -0.670. The number of rotatable bonds is 3. The van der Waals surface area contributed by atoms with Gasteiger partial charge in [-0.15, -0.1) is 11.3 Å². The molecular weight excluding hydrogens is 310 g/mol. The molecule has 0 atom stereocenters. The summed E-state index contributed by atoms with van der Waals surface area (Å²) in [5.41, 5.74) is 5.28. The molecule has 0 aliphatic carbocycles. The maximum atomic E-state index is 12.3. The van der Waals surface area contributed by atoms with Crippen molar-refractivity contribution in [2.75, 3.05) is 32.7 Å². The number of carbonyl (C=O) groups excluding carboxylic acids is 1. The molecular formula is C10H14ClN3O3S2. The van der Waals surface area contributed by atoms with Crippen molar-refractivity contribution in [2.24, 2.45) is 5.73 Å². The maximum Gasteiger partial charge on any atom is 0.252 e. The fourth-order valence-electron chi connectivity index (χ4n) is 1.87. The maximum absolute atomic E-state index is 12.3. The van der Waals surface area contributed by atoms with Gasteiger partial charge in [-0.05, 0) is 12.1 Å². The summed E-state index contributed by atoms with van der Waals surface area (Å²) in [6, 6.07) is 3.06. The summed E-state index contributed by atoms with van der Waals surface area (Å²) in [6.07, 6.45) is 0. The van der Waals surface area contributed by atoms with Gasteiger partial charge < -0.3 is 10.6 Å². The van der Waals surface area contributed by atoms with Crippen LogP contribution in [0.5, 0.6) is 0 Å². The second-order valence-corrected chi connectivity index (χ2v) is 7.93. The number of hydrogen-bond donors (Lipinski definition) is 1. The molecule has 19 heavy (non-hydrogen) atoms. The van der Waals surface area contributed by atoms with Crippen LogP contribution in [0.2, 0.25) is 4.34 Å². The highest BCUT2D eigenvalue weighted by Crippen LogP contribution is 2.28. The SMILES string of the molecule is NCC(=O)N1CCN(S(=O)(=O)c2ccc(Cl)s2)CC1. The van der Waals surface area contributed by atoms with Crippen LogP contribution in [0.3, 0.4) is 0 Å². The number of nitrogens with two attached hydrogens (primary N) is 1. The van der Waals surface area contributed by atoms with Gasteiger partial charge in [0.15, 0.2) is 0 Å². The van der Waals surface area contributed by atoms with Crippen LogP contribution in [-0.4, -0.2) is 56.3 Å². The molecule has 0 radical (unpaired) electrons. The van der Waals surface area contributed by atoms with Crippen molar-refractivity contribution < 1.29 is 13.2 Å². The third-order valence-electron chi connectivity index (χ3n) is 2.91. The van der Waals surface area contributed by atoms with Gasteiger partial charge in [0.2, 0.25) is 5.91 Å². The van der Waals surface area contributed by atoms with Crippen LogP contribution in [0, 0.1) is 0 Å². The van der Waals surface area contributed by atoms with E-state index in [2.05, 4.69) is 0 Å². The number of piperazine rings is 1. The third-order valence-corrected chi connectivity index (χ3v) is 6.51. The van der Waals surface area contributed by atoms with E-state index in [1.807, 2.05) is 0 Å². The molecule has 0 saturated carbocycles. The molecule has 0 spiro atoms. The molecule has 106 valence electrons. The molecule has 0 unspecified atom stereocenters. The van der Waals surface area contributed by atoms with Crippen molar-refractivity contribution in [1.82, 2.24) is 9.21 Å². The van der Waals surface area contributed by atoms with Crippen molar-refractivity contribution in [3.8, 4) is 0 Å². The van der Waals surface area contributed by atoms with E-state index < -0.39 is 10.0 Å². The van der Waals surface area contributed by atoms with E-state index in [4.69, 9.17) is 17.3 Å². The van der Waals surface area contributed by atoms with Gasteiger partial charge in [-0.3, -0.25) is 4.79 Å². The van der Waals surface area contributed by atoms with Gasteiger partial charge in [-0.2, -0.15) is 4.31 Å². The first-order valence-electron chi connectivity index (χ1n) is 5.68. The molecule has 0 aromatic carbocycles. The molecule has 6 nitrogen and oxygen atoms in total. The van der Waals surface area contributed by atoms with Crippen molar-refractivity contribution in [3.05, 3.63) is 16.5 Å². The van der Waals surface area contributed by atoms with E-state index >= 15 is 0 Å². The summed E-state index contributed by atoms with van der Waals surface area (Å²) in [7, 11) is -3.50. The van der Waals surface area contributed by atoms with Crippen LogP contribution in [0.25, 0.3) is 0 Å². The number of halogens is 1. The van der Waals surface area contributed by atoms with Gasteiger partial charge in [0.25, 0.3) is 10.0 Å². The Morgan fingerprint density at radius 3 is 2.42 bits per heavy atom. The minimum absolute atomic E-state index is 0.0483. The Bertz CT molecular complexity index is 564. The molecule has 2 N–H and O–H groups in total. The van der Waals surface area contributed by atoms with E-state index in [1.54, 1.807) is 11.0 Å². The average molecular weight is 324 g/mol. The first-order chi connectivity index (χ1) is 8.95. The summed E-state index contributed by atoms with van der Waals surface area (Å²) in [4.78, 5) is 13.0. The first kappa shape index (κ1) is 14.7. The number of carbonyl (C=O) groups is 1. The zero-order valence-corrected chi connectivity index (χ0v) is 12.5. The lowest BCUT2D eigenvalue weighted by Gasteiger charge is -2.33. The summed E-state index contributed by atoms with van der Waals surface area (Å²) in [6.45, 7) is 1.25. The van der Waals surface area contributed by atoms with E-state index in [9.17, 15) is 13.2 Å². The summed E-state index contributed by atoms with van der Waals surface area (Å²) in [5.74, 6) is -0.156. The van der Waals surface area contributed by atoms with Gasteiger partial charge in [-0.25, -0.2) is 8.42 Å². The number of sulfonamides is 1. The van der Waals surface area contributed by atoms with Crippen LogP contribution < -0.4 is 5.73 Å². The van der Waals surface area contributed by atoms with Gasteiger partial charge in [0, 0.05) is 26.2 Å². The molecule has 2 rings (SSSR count). The summed E-state index contributed by atoms with van der Waals surface area (Å²) < 4.78 is 26.6. The standard InChI is InChI=1S/C10H14ClN3O3S2/c11-8-1-2-10(18-8)19(16,17)14-5-3-13(4-6-14)9(15)7-12/h1-2H,3-7,12H2. The van der Waals surface area contributed by atoms with E-state index in [1.165, 1.54) is 10.4 Å². The Morgan fingerprint density at radius 2 is 1.95 bits per heavy atom. The fraction of sp³-hybridized carbons (Fsp3) is 0.500. The highest BCUT2D eigenvalue weighted by molar-refractivity contribution is 7.91. The van der Waals surface area contributed by atoms with Crippen molar-refractivity contribution >= 4 is 38.9 Å². The lowest BCUT2D eigenvalue weighted by molar-refractivity contribution is -0.130. The Balaban J connectivity index is 2.07. The molecule has 2 heterocycles. The van der Waals surface area contributed by atoms with Gasteiger partial charge in [0.1, 0.15) is 4.21 Å². The van der Waals surface area contributed by atoms with Gasteiger partial charge in [-0.1, -0.05) is 11.6 Å². The molecule has 1 saturated heterocycles. The topological polar surface area (TPSA) is 83.7 Å². The van der Waals surface area contributed by atoms with Gasteiger partial charge in [0.05, 0.1) is 10.9 Å². The number of thiophene rings is 1. The Morgan fingerprint density at radius 1 is 1.32 bits per heavy atom. The number of amides is 1. The highest BCUT2D eigenvalue weighted by atomic mass is 35.5. The summed E-state index contributed by atoms with van der Waals surface area (Å²) in [5, 5.41) is 0. The normalized spacial score (nSPS) is 17.7. The zero-order chi connectivity index (χ0) is 14.0. The van der Waals surface area contributed by atoms with Crippen LogP contribution >= 0.6 is 22.9 Å². The van der Waals surface area contributed by atoms with Crippen molar-refractivity contribution in [1.29, 1.82) is 0 Å². The molecule has 1 aliphatic rings. The molecule has 0 bridgehead atoms. The quantitative estimate of drug-likeness (QED) is 0.861. The number of nitrogens with zero attached hydrogens (tertiary/aromatic N) is 2. The largest absolute Gasteiger partial charge is 0.339 e. The van der Waals surface area contributed by atoms with Crippen LogP contribution in [-0.2, 0) is 14.8 Å². The molecule has 1 fully saturated rings. The average Bonchev–Trinajstić information content (AvgIpc) is 2.85. The Kier molecular flexibility index (Phi) is 4.46. The van der Waals surface area contributed by atoms with E-state index in [0.29, 0.717) is 17.4 Å². The van der Waals surface area contributed by atoms with E-state index in [-0.39, 0.29) is 29.8 Å². The predicted octanol–water partition coefficient (Wildman–Crippen LogP) is 0.193. The van der Waals surface area contributed by atoms with Crippen LogP contribution in [0.15, 0.2) is 16.3 Å². The van der Waals surface area contributed by atoms with Crippen molar-refractivity contribution in [3.63, 3.8) is 0 Å². The van der Waals surface area contributed by atoms with Crippen molar-refractivity contribution in [2.45, 2.75) is 4.21 Å². The third kappa shape index (κ3) is 3.09. The first-order valence-corrected chi connectivity index (χ1v) is 8.32. The highest BCUT2D eigenvalue weighted by Gasteiger charge is 2.30. The predicted molar refractivity (Wildman–Crippen MR) is 73.7 cm³/mol. The molecule has 9 heteroatoms. The molecule has 1 aliphatic heterocycles. The van der Waals surface area contributed by atoms with Crippen LogP contribution in [0.1, 0.15) is 0 Å². The zero-order valence-electron chi connectivity index (χ0n) is 10.1.